The molecule has 0 saturated heterocycles. The van der Waals surface area contributed by atoms with Crippen molar-refractivity contribution in [3.63, 3.8) is 0 Å². The number of nitrogens with zero attached hydrogens (tertiary/aromatic N) is 2. The molecule has 3 aromatic rings. The first-order valence-corrected chi connectivity index (χ1v) is 6.77. The van der Waals surface area contributed by atoms with Crippen molar-refractivity contribution >= 4 is 11.6 Å². The first-order valence-electron chi connectivity index (χ1n) is 6.39. The van der Waals surface area contributed by atoms with Crippen LogP contribution in [0.5, 0.6) is 0 Å². The van der Waals surface area contributed by atoms with Crippen LogP contribution >= 0.6 is 11.6 Å². The number of rotatable bonds is 3. The van der Waals surface area contributed by atoms with Gasteiger partial charge in [-0.2, -0.15) is 5.10 Å². The van der Waals surface area contributed by atoms with E-state index in [1.54, 1.807) is 16.9 Å². The quantitative estimate of drug-likeness (QED) is 0.800. The lowest BCUT2D eigenvalue weighted by atomic mass is 10.1. The topological polar surface area (TPSA) is 38.1 Å². The zero-order valence-corrected chi connectivity index (χ0v) is 11.7. The van der Waals surface area contributed by atoms with Gasteiger partial charge in [-0.3, -0.25) is 0 Å². The fourth-order valence-electron chi connectivity index (χ4n) is 2.19. The summed E-state index contributed by atoms with van der Waals surface area (Å²) in [6, 6.07) is 15.1. The molecule has 1 atom stereocenters. The van der Waals surface area contributed by atoms with Crippen molar-refractivity contribution in [1.29, 1.82) is 0 Å². The van der Waals surface area contributed by atoms with Crippen molar-refractivity contribution in [3.8, 4) is 5.69 Å². The monoisotopic (exact) mass is 302 g/mol. The number of aromatic nitrogens is 2. The standard InChI is InChI=1S/C16H12ClFN2O/c17-11-6-7-14(18)13(10-11)16(21)15-8-9-19-20(15)12-4-2-1-3-5-12/h1-10,16,21H. The van der Waals surface area contributed by atoms with E-state index in [2.05, 4.69) is 5.10 Å². The Morgan fingerprint density at radius 2 is 1.86 bits per heavy atom. The Bertz CT molecular complexity index is 758. The second-order valence-electron chi connectivity index (χ2n) is 4.57. The SMILES string of the molecule is OC(c1cc(Cl)ccc1F)c1ccnn1-c1ccccc1. The van der Waals surface area contributed by atoms with E-state index in [0.717, 1.165) is 5.69 Å². The Hall–Kier alpha value is -2.17. The van der Waals surface area contributed by atoms with Crippen LogP contribution in [0, 0.1) is 5.82 Å². The van der Waals surface area contributed by atoms with Crippen LogP contribution in [0.2, 0.25) is 5.02 Å². The van der Waals surface area contributed by atoms with Gasteiger partial charge < -0.3 is 5.11 Å². The minimum absolute atomic E-state index is 0.125. The lowest BCUT2D eigenvalue weighted by Crippen LogP contribution is -2.10. The van der Waals surface area contributed by atoms with Gasteiger partial charge in [-0.15, -0.1) is 0 Å². The maximum Gasteiger partial charge on any atom is 0.129 e. The molecule has 3 nitrogen and oxygen atoms in total. The Kier molecular flexibility index (Phi) is 3.73. The summed E-state index contributed by atoms with van der Waals surface area (Å²) in [5.74, 6) is -0.507. The average Bonchev–Trinajstić information content (AvgIpc) is 2.99. The van der Waals surface area contributed by atoms with Crippen LogP contribution in [0.1, 0.15) is 17.4 Å². The van der Waals surface area contributed by atoms with E-state index in [9.17, 15) is 9.50 Å². The maximum absolute atomic E-state index is 13.9. The van der Waals surface area contributed by atoms with Gasteiger partial charge in [0.15, 0.2) is 0 Å². The zero-order chi connectivity index (χ0) is 14.8. The minimum Gasteiger partial charge on any atom is -0.382 e. The van der Waals surface area contributed by atoms with Gasteiger partial charge in [-0.05, 0) is 36.4 Å². The van der Waals surface area contributed by atoms with E-state index in [0.29, 0.717) is 10.7 Å². The molecule has 0 bridgehead atoms. The average molecular weight is 303 g/mol. The van der Waals surface area contributed by atoms with Crippen molar-refractivity contribution in [3.05, 3.63) is 82.9 Å². The molecule has 21 heavy (non-hydrogen) atoms. The number of halogens is 2. The number of para-hydroxylation sites is 1. The first kappa shape index (κ1) is 13.8. The molecule has 1 unspecified atom stereocenters. The van der Waals surface area contributed by atoms with Crippen molar-refractivity contribution in [1.82, 2.24) is 9.78 Å². The molecule has 1 aromatic heterocycles. The minimum atomic E-state index is -1.15. The highest BCUT2D eigenvalue weighted by molar-refractivity contribution is 6.30. The second kappa shape index (κ2) is 5.68. The predicted molar refractivity (Wildman–Crippen MR) is 79.0 cm³/mol. The molecule has 0 radical (unpaired) electrons. The number of hydrogen-bond donors (Lipinski definition) is 1. The lowest BCUT2D eigenvalue weighted by Gasteiger charge is -2.14. The fraction of sp³-hybridized carbons (Fsp3) is 0.0625. The molecule has 1 N–H and O–H groups in total. The van der Waals surface area contributed by atoms with Gasteiger partial charge in [-0.25, -0.2) is 9.07 Å². The van der Waals surface area contributed by atoms with E-state index in [4.69, 9.17) is 11.6 Å². The summed E-state index contributed by atoms with van der Waals surface area (Å²) < 4.78 is 15.5. The first-order chi connectivity index (χ1) is 10.2. The Balaban J connectivity index is 2.06. The molecule has 0 saturated carbocycles. The second-order valence-corrected chi connectivity index (χ2v) is 5.01. The van der Waals surface area contributed by atoms with Crippen LogP contribution in [0.3, 0.4) is 0 Å². The predicted octanol–water partition coefficient (Wildman–Crippen LogP) is 3.75. The Morgan fingerprint density at radius 1 is 1.10 bits per heavy atom. The third-order valence-corrected chi connectivity index (χ3v) is 3.44. The highest BCUT2D eigenvalue weighted by Gasteiger charge is 2.20. The van der Waals surface area contributed by atoms with Gasteiger partial charge >= 0.3 is 0 Å². The lowest BCUT2D eigenvalue weighted by molar-refractivity contribution is 0.207. The van der Waals surface area contributed by atoms with E-state index in [1.807, 2.05) is 30.3 Å². The van der Waals surface area contributed by atoms with Gasteiger partial charge in [0.25, 0.3) is 0 Å². The summed E-state index contributed by atoms with van der Waals surface area (Å²) >= 11 is 5.88. The highest BCUT2D eigenvalue weighted by atomic mass is 35.5. The Labute approximate surface area is 126 Å². The summed E-state index contributed by atoms with van der Waals surface area (Å²) in [4.78, 5) is 0. The maximum atomic E-state index is 13.9. The van der Waals surface area contributed by atoms with Crippen molar-refractivity contribution < 1.29 is 9.50 Å². The van der Waals surface area contributed by atoms with Crippen molar-refractivity contribution in [2.24, 2.45) is 0 Å². The van der Waals surface area contributed by atoms with E-state index < -0.39 is 11.9 Å². The summed E-state index contributed by atoms with van der Waals surface area (Å²) in [5, 5.41) is 15.0. The van der Waals surface area contributed by atoms with E-state index in [-0.39, 0.29) is 5.56 Å². The van der Waals surface area contributed by atoms with Crippen LogP contribution in [0.4, 0.5) is 4.39 Å². The summed E-state index contributed by atoms with van der Waals surface area (Å²) in [6.45, 7) is 0. The molecule has 0 aliphatic carbocycles. The van der Waals surface area contributed by atoms with Crippen LogP contribution < -0.4 is 0 Å². The van der Waals surface area contributed by atoms with E-state index in [1.165, 1.54) is 18.2 Å². The summed E-state index contributed by atoms with van der Waals surface area (Å²) in [6.07, 6.45) is 0.417. The van der Waals surface area contributed by atoms with Crippen LogP contribution in [0.15, 0.2) is 60.8 Å². The molecule has 1 heterocycles. The number of benzene rings is 2. The van der Waals surface area contributed by atoms with Crippen LogP contribution in [-0.4, -0.2) is 14.9 Å². The number of aliphatic hydroxyl groups is 1. The number of hydrogen-bond acceptors (Lipinski definition) is 2. The van der Waals surface area contributed by atoms with Crippen LogP contribution in [-0.2, 0) is 0 Å². The third-order valence-electron chi connectivity index (χ3n) is 3.21. The molecule has 5 heteroatoms. The van der Waals surface area contributed by atoms with Crippen molar-refractivity contribution in [2.75, 3.05) is 0 Å². The van der Waals surface area contributed by atoms with Gasteiger partial charge in [-0.1, -0.05) is 29.8 Å². The molecule has 0 amide bonds. The van der Waals surface area contributed by atoms with Gasteiger partial charge in [0.05, 0.1) is 11.4 Å². The molecular formula is C16H12ClFN2O. The summed E-state index contributed by atoms with van der Waals surface area (Å²) in [7, 11) is 0. The normalized spacial score (nSPS) is 12.3. The molecule has 0 aliphatic heterocycles. The molecule has 3 rings (SSSR count). The molecule has 0 fully saturated rings. The van der Waals surface area contributed by atoms with Gasteiger partial charge in [0.1, 0.15) is 11.9 Å². The Morgan fingerprint density at radius 3 is 2.62 bits per heavy atom. The molecule has 2 aromatic carbocycles. The van der Waals surface area contributed by atoms with Gasteiger partial charge in [0, 0.05) is 16.8 Å². The molecule has 106 valence electrons. The van der Waals surface area contributed by atoms with Gasteiger partial charge in [0.2, 0.25) is 0 Å². The molecule has 0 aliphatic rings. The molecule has 0 spiro atoms. The largest absolute Gasteiger partial charge is 0.382 e. The van der Waals surface area contributed by atoms with Crippen LogP contribution in [0.25, 0.3) is 5.69 Å². The van der Waals surface area contributed by atoms with E-state index >= 15 is 0 Å². The summed E-state index contributed by atoms with van der Waals surface area (Å²) in [5.41, 5.74) is 1.39. The smallest absolute Gasteiger partial charge is 0.129 e. The zero-order valence-electron chi connectivity index (χ0n) is 10.9. The molecular weight excluding hydrogens is 291 g/mol. The highest BCUT2D eigenvalue weighted by Crippen LogP contribution is 2.28. The third kappa shape index (κ3) is 2.68. The fourth-order valence-corrected chi connectivity index (χ4v) is 2.37. The number of aliphatic hydroxyl groups excluding tert-OH is 1. The van der Waals surface area contributed by atoms with Crippen molar-refractivity contribution in [2.45, 2.75) is 6.10 Å².